The van der Waals surface area contributed by atoms with Gasteiger partial charge in [-0.15, -0.1) is 0 Å². The van der Waals surface area contributed by atoms with E-state index in [-0.39, 0.29) is 29.6 Å². The molecule has 0 radical (unpaired) electrons. The van der Waals surface area contributed by atoms with Crippen LogP contribution < -0.4 is 5.32 Å². The Hall–Kier alpha value is -3.01. The minimum Gasteiger partial charge on any atom is -0.343 e. The monoisotopic (exact) mass is 346 g/mol. The van der Waals surface area contributed by atoms with E-state index in [0.717, 1.165) is 23.2 Å². The average Bonchev–Trinajstić information content (AvgIpc) is 3.49. The molecule has 3 atom stereocenters. The number of pyridine rings is 1. The van der Waals surface area contributed by atoms with Gasteiger partial charge in [0.05, 0.1) is 11.7 Å². The highest BCUT2D eigenvalue weighted by Crippen LogP contribution is 2.47. The molecule has 1 aliphatic rings. The number of nitrogens with zero attached hydrogens (tertiary/aromatic N) is 1. The molecule has 1 heterocycles. The van der Waals surface area contributed by atoms with Crippen LogP contribution in [0.2, 0.25) is 0 Å². The molecule has 0 bridgehead atoms. The molecule has 4 rings (SSSR count). The van der Waals surface area contributed by atoms with E-state index in [1.165, 1.54) is 12.1 Å². The van der Waals surface area contributed by atoms with Gasteiger partial charge in [-0.3, -0.25) is 9.78 Å². The summed E-state index contributed by atoms with van der Waals surface area (Å²) in [6, 6.07) is 21.7. The predicted octanol–water partition coefficient (Wildman–Crippen LogP) is 4.23. The van der Waals surface area contributed by atoms with E-state index in [2.05, 4.69) is 10.3 Å². The molecule has 0 saturated heterocycles. The molecule has 26 heavy (non-hydrogen) atoms. The average molecular weight is 346 g/mol. The smallest absolute Gasteiger partial charge is 0.224 e. The van der Waals surface area contributed by atoms with Crippen LogP contribution in [0.25, 0.3) is 0 Å². The zero-order valence-electron chi connectivity index (χ0n) is 14.2. The van der Waals surface area contributed by atoms with Crippen LogP contribution in [0.1, 0.15) is 35.2 Å². The van der Waals surface area contributed by atoms with Gasteiger partial charge in [-0.25, -0.2) is 4.39 Å². The molecule has 1 aromatic heterocycles. The first-order valence-corrected chi connectivity index (χ1v) is 8.74. The molecule has 3 aromatic rings. The van der Waals surface area contributed by atoms with Gasteiger partial charge in [-0.2, -0.15) is 0 Å². The maximum atomic E-state index is 13.1. The molecular formula is C22H19FN2O. The second-order valence-electron chi connectivity index (χ2n) is 6.61. The van der Waals surface area contributed by atoms with E-state index in [9.17, 15) is 9.18 Å². The standard InChI is InChI=1S/C22H19FN2O/c23-17-11-9-15(10-12-17)18-14-19(18)22(26)25-21(16-6-2-1-3-7-16)20-8-4-5-13-24-20/h1-13,18-19,21H,14H2,(H,25,26)/t18-,19-,21+/m1/s1. The molecule has 0 spiro atoms. The van der Waals surface area contributed by atoms with Crippen molar-refractivity contribution in [3.63, 3.8) is 0 Å². The number of hydrogen-bond acceptors (Lipinski definition) is 2. The van der Waals surface area contributed by atoms with E-state index in [1.807, 2.05) is 48.5 Å². The lowest BCUT2D eigenvalue weighted by Crippen LogP contribution is -2.31. The third-order valence-electron chi connectivity index (χ3n) is 4.83. The number of halogens is 1. The number of carbonyl (C=O) groups excluding carboxylic acids is 1. The van der Waals surface area contributed by atoms with Crippen molar-refractivity contribution >= 4 is 5.91 Å². The Morgan fingerprint density at radius 3 is 2.42 bits per heavy atom. The first-order chi connectivity index (χ1) is 12.7. The molecule has 1 saturated carbocycles. The van der Waals surface area contributed by atoms with Crippen molar-refractivity contribution in [3.05, 3.63) is 102 Å². The maximum Gasteiger partial charge on any atom is 0.224 e. The Labute approximate surface area is 151 Å². The number of aromatic nitrogens is 1. The molecule has 1 amide bonds. The molecular weight excluding hydrogens is 327 g/mol. The number of nitrogens with one attached hydrogen (secondary N) is 1. The summed E-state index contributed by atoms with van der Waals surface area (Å²) in [5, 5.41) is 3.15. The SMILES string of the molecule is O=C(N[C@@H](c1ccccc1)c1ccccn1)[C@@H]1C[C@@H]1c1ccc(F)cc1. The van der Waals surface area contributed by atoms with Gasteiger partial charge in [0.15, 0.2) is 0 Å². The quantitative estimate of drug-likeness (QED) is 0.751. The summed E-state index contributed by atoms with van der Waals surface area (Å²) in [5.41, 5.74) is 2.82. The van der Waals surface area contributed by atoms with Crippen molar-refractivity contribution in [1.82, 2.24) is 10.3 Å². The maximum absolute atomic E-state index is 13.1. The summed E-state index contributed by atoms with van der Waals surface area (Å²) in [4.78, 5) is 17.2. The third kappa shape index (κ3) is 3.49. The van der Waals surface area contributed by atoms with Crippen LogP contribution >= 0.6 is 0 Å². The van der Waals surface area contributed by atoms with Crippen LogP contribution in [0.5, 0.6) is 0 Å². The van der Waals surface area contributed by atoms with E-state index in [1.54, 1.807) is 18.3 Å². The van der Waals surface area contributed by atoms with Crippen LogP contribution in [0.3, 0.4) is 0 Å². The Kier molecular flexibility index (Phi) is 4.48. The fourth-order valence-electron chi connectivity index (χ4n) is 3.33. The zero-order chi connectivity index (χ0) is 17.9. The minimum absolute atomic E-state index is 0.0128. The van der Waals surface area contributed by atoms with E-state index < -0.39 is 0 Å². The number of amides is 1. The lowest BCUT2D eigenvalue weighted by atomic mass is 10.0. The third-order valence-corrected chi connectivity index (χ3v) is 4.83. The van der Waals surface area contributed by atoms with E-state index >= 15 is 0 Å². The van der Waals surface area contributed by atoms with Gasteiger partial charge in [-0.1, -0.05) is 48.5 Å². The largest absolute Gasteiger partial charge is 0.343 e. The Morgan fingerprint density at radius 2 is 1.73 bits per heavy atom. The van der Waals surface area contributed by atoms with Crippen molar-refractivity contribution in [2.75, 3.05) is 0 Å². The van der Waals surface area contributed by atoms with Crippen LogP contribution in [-0.4, -0.2) is 10.9 Å². The minimum atomic E-state index is -0.278. The number of carbonyl (C=O) groups is 1. The van der Waals surface area contributed by atoms with Crippen LogP contribution in [-0.2, 0) is 4.79 Å². The fourth-order valence-corrected chi connectivity index (χ4v) is 3.33. The van der Waals surface area contributed by atoms with Gasteiger partial charge in [0.25, 0.3) is 0 Å². The second-order valence-corrected chi connectivity index (χ2v) is 6.61. The second kappa shape index (κ2) is 7.08. The Balaban J connectivity index is 1.51. The summed E-state index contributed by atoms with van der Waals surface area (Å²) >= 11 is 0. The normalized spacial score (nSPS) is 19.6. The van der Waals surface area contributed by atoms with Crippen molar-refractivity contribution < 1.29 is 9.18 Å². The fraction of sp³-hybridized carbons (Fsp3) is 0.182. The number of hydrogen-bond donors (Lipinski definition) is 1. The number of rotatable bonds is 5. The van der Waals surface area contributed by atoms with Gasteiger partial charge in [-0.05, 0) is 47.7 Å². The first-order valence-electron chi connectivity index (χ1n) is 8.74. The van der Waals surface area contributed by atoms with Crippen LogP contribution in [0, 0.1) is 11.7 Å². The van der Waals surface area contributed by atoms with Gasteiger partial charge in [0.1, 0.15) is 5.82 Å². The van der Waals surface area contributed by atoms with Gasteiger partial charge in [0, 0.05) is 12.1 Å². The van der Waals surface area contributed by atoms with Gasteiger partial charge in [0.2, 0.25) is 5.91 Å². The van der Waals surface area contributed by atoms with Crippen molar-refractivity contribution in [2.45, 2.75) is 18.4 Å². The summed E-state index contributed by atoms with van der Waals surface area (Å²) in [5.74, 6) is -0.153. The number of benzene rings is 2. The van der Waals surface area contributed by atoms with Crippen molar-refractivity contribution in [2.24, 2.45) is 5.92 Å². The summed E-state index contributed by atoms with van der Waals surface area (Å²) in [6.45, 7) is 0. The van der Waals surface area contributed by atoms with Crippen LogP contribution in [0.4, 0.5) is 4.39 Å². The van der Waals surface area contributed by atoms with E-state index in [0.29, 0.717) is 0 Å². The van der Waals surface area contributed by atoms with Gasteiger partial charge < -0.3 is 5.32 Å². The molecule has 0 aliphatic heterocycles. The lowest BCUT2D eigenvalue weighted by Gasteiger charge is -2.19. The molecule has 1 N–H and O–H groups in total. The summed E-state index contributed by atoms with van der Waals surface area (Å²) in [6.07, 6.45) is 2.52. The molecule has 130 valence electrons. The Bertz CT molecular complexity index is 842. The molecule has 0 unspecified atom stereocenters. The highest BCUT2D eigenvalue weighted by Gasteiger charge is 2.44. The predicted molar refractivity (Wildman–Crippen MR) is 97.9 cm³/mol. The summed E-state index contributed by atoms with van der Waals surface area (Å²) in [7, 11) is 0. The first kappa shape index (κ1) is 16.5. The van der Waals surface area contributed by atoms with Gasteiger partial charge >= 0.3 is 0 Å². The molecule has 3 nitrogen and oxygen atoms in total. The highest BCUT2D eigenvalue weighted by atomic mass is 19.1. The van der Waals surface area contributed by atoms with Crippen molar-refractivity contribution in [1.29, 1.82) is 0 Å². The van der Waals surface area contributed by atoms with E-state index in [4.69, 9.17) is 0 Å². The molecule has 4 heteroatoms. The molecule has 2 aromatic carbocycles. The molecule has 1 aliphatic carbocycles. The van der Waals surface area contributed by atoms with Crippen LogP contribution in [0.15, 0.2) is 79.0 Å². The lowest BCUT2D eigenvalue weighted by molar-refractivity contribution is -0.122. The topological polar surface area (TPSA) is 42.0 Å². The Morgan fingerprint density at radius 1 is 1.00 bits per heavy atom. The highest BCUT2D eigenvalue weighted by molar-refractivity contribution is 5.83. The van der Waals surface area contributed by atoms with Crippen molar-refractivity contribution in [3.8, 4) is 0 Å². The zero-order valence-corrected chi connectivity index (χ0v) is 14.2. The molecule has 1 fully saturated rings. The summed E-state index contributed by atoms with van der Waals surface area (Å²) < 4.78 is 13.1.